The number of hydrogen-bond donors (Lipinski definition) is 1. The fraction of sp³-hybridized carbons (Fsp3) is 0.381. The molecule has 2 aromatic carbocycles. The molecule has 1 aliphatic heterocycles. The number of ether oxygens (including phenoxy) is 1. The van der Waals surface area contributed by atoms with Gasteiger partial charge in [0.25, 0.3) is 0 Å². The Hall–Kier alpha value is -2.20. The van der Waals surface area contributed by atoms with Crippen LogP contribution >= 0.6 is 11.6 Å². The maximum absolute atomic E-state index is 13.1. The van der Waals surface area contributed by atoms with Gasteiger partial charge in [-0.15, -0.1) is 0 Å². The van der Waals surface area contributed by atoms with Gasteiger partial charge in [-0.05, 0) is 49.6 Å². The number of para-hydroxylation sites is 2. The lowest BCUT2D eigenvalue weighted by Crippen LogP contribution is -2.38. The van der Waals surface area contributed by atoms with Crippen LogP contribution < -0.4 is 10.1 Å². The molecular formula is C21H25ClN2O2. The van der Waals surface area contributed by atoms with Crippen molar-refractivity contribution in [2.24, 2.45) is 0 Å². The molecule has 26 heavy (non-hydrogen) atoms. The number of hydrogen-bond acceptors (Lipinski definition) is 2. The minimum Gasteiger partial charge on any atom is -0.492 e. The number of benzene rings is 2. The van der Waals surface area contributed by atoms with Crippen molar-refractivity contribution < 1.29 is 9.53 Å². The van der Waals surface area contributed by atoms with Gasteiger partial charge in [0, 0.05) is 11.6 Å². The first kappa shape index (κ1) is 18.6. The van der Waals surface area contributed by atoms with Crippen LogP contribution in [0.15, 0.2) is 48.5 Å². The second-order valence-electron chi connectivity index (χ2n) is 6.47. The predicted molar refractivity (Wildman–Crippen MR) is 106 cm³/mol. The molecule has 0 aliphatic carbocycles. The molecule has 1 saturated heterocycles. The van der Waals surface area contributed by atoms with Crippen LogP contribution in [-0.4, -0.2) is 24.1 Å². The molecule has 0 spiro atoms. The summed E-state index contributed by atoms with van der Waals surface area (Å²) in [6, 6.07) is 15.4. The van der Waals surface area contributed by atoms with E-state index in [9.17, 15) is 4.79 Å². The maximum atomic E-state index is 13.1. The largest absolute Gasteiger partial charge is 0.492 e. The smallest absolute Gasteiger partial charge is 0.322 e. The van der Waals surface area contributed by atoms with E-state index in [1.807, 2.05) is 60.4 Å². The fourth-order valence-electron chi connectivity index (χ4n) is 3.42. The number of nitrogens with zero attached hydrogens (tertiary/aromatic N) is 1. The standard InChI is InChI=1S/C21H25ClN2O2/c1-2-26-20-10-6-5-8-18(20)23-21(25)24-15-7-3-4-9-19(24)16-11-13-17(22)14-12-16/h5-6,8,10-14,19H,2-4,7,9,15H2,1H3,(H,23,25). The molecule has 4 nitrogen and oxygen atoms in total. The van der Waals surface area contributed by atoms with Crippen molar-refractivity contribution in [2.45, 2.75) is 38.6 Å². The van der Waals surface area contributed by atoms with Gasteiger partial charge < -0.3 is 15.0 Å². The lowest BCUT2D eigenvalue weighted by atomic mass is 10.0. The number of amides is 2. The molecule has 1 unspecified atom stereocenters. The Bertz CT molecular complexity index is 733. The van der Waals surface area contributed by atoms with E-state index >= 15 is 0 Å². The number of urea groups is 1. The second kappa shape index (κ2) is 8.95. The van der Waals surface area contributed by atoms with Crippen LogP contribution in [0.4, 0.5) is 10.5 Å². The second-order valence-corrected chi connectivity index (χ2v) is 6.91. The number of nitrogens with one attached hydrogen (secondary N) is 1. The van der Waals surface area contributed by atoms with Crippen molar-refractivity contribution in [3.63, 3.8) is 0 Å². The average molecular weight is 373 g/mol. The Kier molecular flexibility index (Phi) is 6.40. The molecule has 1 fully saturated rings. The summed E-state index contributed by atoms with van der Waals surface area (Å²) < 4.78 is 5.63. The highest BCUT2D eigenvalue weighted by molar-refractivity contribution is 6.30. The molecule has 2 aromatic rings. The van der Waals surface area contributed by atoms with Gasteiger partial charge in [-0.3, -0.25) is 0 Å². The van der Waals surface area contributed by atoms with Crippen molar-refractivity contribution in [3.05, 3.63) is 59.1 Å². The van der Waals surface area contributed by atoms with Gasteiger partial charge >= 0.3 is 6.03 Å². The van der Waals surface area contributed by atoms with E-state index in [1.165, 1.54) is 0 Å². The normalized spacial score (nSPS) is 17.5. The highest BCUT2D eigenvalue weighted by Crippen LogP contribution is 2.32. The van der Waals surface area contributed by atoms with Crippen LogP contribution in [0.2, 0.25) is 5.02 Å². The minimum absolute atomic E-state index is 0.0639. The highest BCUT2D eigenvalue weighted by Gasteiger charge is 2.27. The van der Waals surface area contributed by atoms with Gasteiger partial charge in [-0.25, -0.2) is 4.79 Å². The molecule has 1 atom stereocenters. The quantitative estimate of drug-likeness (QED) is 0.727. The van der Waals surface area contributed by atoms with E-state index in [4.69, 9.17) is 16.3 Å². The van der Waals surface area contributed by atoms with E-state index in [2.05, 4.69) is 5.32 Å². The molecule has 0 saturated carbocycles. The van der Waals surface area contributed by atoms with Crippen LogP contribution in [0, 0.1) is 0 Å². The third kappa shape index (κ3) is 4.50. The summed E-state index contributed by atoms with van der Waals surface area (Å²) in [6.07, 6.45) is 4.24. The van der Waals surface area contributed by atoms with Crippen LogP contribution in [-0.2, 0) is 0 Å². The molecule has 0 bridgehead atoms. The van der Waals surface area contributed by atoms with Crippen molar-refractivity contribution in [1.29, 1.82) is 0 Å². The highest BCUT2D eigenvalue weighted by atomic mass is 35.5. The topological polar surface area (TPSA) is 41.6 Å². The molecule has 2 amide bonds. The molecule has 1 aliphatic rings. The van der Waals surface area contributed by atoms with Gasteiger partial charge in [0.2, 0.25) is 0 Å². The Morgan fingerprint density at radius 3 is 2.69 bits per heavy atom. The van der Waals surface area contributed by atoms with Crippen molar-refractivity contribution in [1.82, 2.24) is 4.90 Å². The number of anilines is 1. The third-order valence-electron chi connectivity index (χ3n) is 4.70. The summed E-state index contributed by atoms with van der Waals surface area (Å²) in [5, 5.41) is 3.75. The van der Waals surface area contributed by atoms with Gasteiger partial charge in [-0.1, -0.05) is 48.7 Å². The van der Waals surface area contributed by atoms with Crippen molar-refractivity contribution in [3.8, 4) is 5.75 Å². The van der Waals surface area contributed by atoms with Gasteiger partial charge in [-0.2, -0.15) is 0 Å². The van der Waals surface area contributed by atoms with Crippen molar-refractivity contribution >= 4 is 23.3 Å². The van der Waals surface area contributed by atoms with E-state index in [0.717, 1.165) is 37.8 Å². The Morgan fingerprint density at radius 1 is 1.15 bits per heavy atom. The molecule has 138 valence electrons. The lowest BCUT2D eigenvalue weighted by molar-refractivity contribution is 0.189. The number of halogens is 1. The molecule has 1 N–H and O–H groups in total. The monoisotopic (exact) mass is 372 g/mol. The molecule has 0 radical (unpaired) electrons. The fourth-order valence-corrected chi connectivity index (χ4v) is 3.55. The average Bonchev–Trinajstić information content (AvgIpc) is 2.90. The van der Waals surface area contributed by atoms with E-state index in [1.54, 1.807) is 0 Å². The van der Waals surface area contributed by atoms with Gasteiger partial charge in [0.15, 0.2) is 0 Å². The van der Waals surface area contributed by atoms with Crippen LogP contribution in [0.5, 0.6) is 5.75 Å². The predicted octanol–water partition coefficient (Wildman–Crippen LogP) is 5.89. The molecule has 0 aromatic heterocycles. The Labute approximate surface area is 160 Å². The first-order chi connectivity index (χ1) is 12.7. The molecular weight excluding hydrogens is 348 g/mol. The molecule has 1 heterocycles. The maximum Gasteiger partial charge on any atom is 0.322 e. The summed E-state index contributed by atoms with van der Waals surface area (Å²) in [5.74, 6) is 0.696. The van der Waals surface area contributed by atoms with E-state index < -0.39 is 0 Å². The van der Waals surface area contributed by atoms with Crippen LogP contribution in [0.1, 0.15) is 44.2 Å². The number of carbonyl (C=O) groups is 1. The van der Waals surface area contributed by atoms with Crippen LogP contribution in [0.3, 0.4) is 0 Å². The zero-order valence-electron chi connectivity index (χ0n) is 15.1. The number of likely N-dealkylation sites (tertiary alicyclic amines) is 1. The first-order valence-electron chi connectivity index (χ1n) is 9.24. The summed E-state index contributed by atoms with van der Waals surface area (Å²) in [6.45, 7) is 3.24. The van der Waals surface area contributed by atoms with Crippen LogP contribution in [0.25, 0.3) is 0 Å². The van der Waals surface area contributed by atoms with Gasteiger partial charge in [0.05, 0.1) is 18.3 Å². The minimum atomic E-state index is -0.0843. The zero-order chi connectivity index (χ0) is 18.4. The third-order valence-corrected chi connectivity index (χ3v) is 4.95. The summed E-state index contributed by atoms with van der Waals surface area (Å²) in [7, 11) is 0. The molecule has 5 heteroatoms. The van der Waals surface area contributed by atoms with Crippen molar-refractivity contribution in [2.75, 3.05) is 18.5 Å². The summed E-state index contributed by atoms with van der Waals surface area (Å²) in [5.41, 5.74) is 1.84. The lowest BCUT2D eigenvalue weighted by Gasteiger charge is -2.31. The number of rotatable bonds is 4. The Morgan fingerprint density at radius 2 is 1.92 bits per heavy atom. The van der Waals surface area contributed by atoms with E-state index in [-0.39, 0.29) is 12.1 Å². The van der Waals surface area contributed by atoms with E-state index in [0.29, 0.717) is 23.1 Å². The molecule has 3 rings (SSSR count). The summed E-state index contributed by atoms with van der Waals surface area (Å²) >= 11 is 6.03. The SMILES string of the molecule is CCOc1ccccc1NC(=O)N1CCCCCC1c1ccc(Cl)cc1. The number of carbonyl (C=O) groups excluding carboxylic acids is 1. The Balaban J connectivity index is 1.81. The zero-order valence-corrected chi connectivity index (χ0v) is 15.8. The first-order valence-corrected chi connectivity index (χ1v) is 9.61. The van der Waals surface area contributed by atoms with Gasteiger partial charge in [0.1, 0.15) is 5.75 Å². The summed E-state index contributed by atoms with van der Waals surface area (Å²) in [4.78, 5) is 15.0.